The van der Waals surface area contributed by atoms with E-state index in [-0.39, 0.29) is 17.1 Å². The molecule has 2 aromatic carbocycles. The molecule has 0 bridgehead atoms. The highest BCUT2D eigenvalue weighted by Crippen LogP contribution is 2.24. The summed E-state index contributed by atoms with van der Waals surface area (Å²) >= 11 is 0. The minimum absolute atomic E-state index is 0.0208. The number of hydrogen-bond donors (Lipinski definition) is 1. The summed E-state index contributed by atoms with van der Waals surface area (Å²) < 4.78 is 14.7. The van der Waals surface area contributed by atoms with Gasteiger partial charge in [0.2, 0.25) is 0 Å². The molecular weight excluding hydrogens is 351 g/mol. The lowest BCUT2D eigenvalue weighted by Crippen LogP contribution is -2.15. The lowest BCUT2D eigenvalue weighted by molar-refractivity contribution is -0.385. The van der Waals surface area contributed by atoms with E-state index < -0.39 is 10.8 Å². The molecule has 1 amide bonds. The van der Waals surface area contributed by atoms with Crippen LogP contribution in [0.4, 0.5) is 15.8 Å². The summed E-state index contributed by atoms with van der Waals surface area (Å²) in [7, 11) is 0. The van der Waals surface area contributed by atoms with Crippen LogP contribution in [0, 0.1) is 29.8 Å². The first kappa shape index (κ1) is 18.2. The van der Waals surface area contributed by atoms with Crippen LogP contribution in [0.2, 0.25) is 0 Å². The summed E-state index contributed by atoms with van der Waals surface area (Å²) in [4.78, 5) is 23.1. The molecule has 1 aromatic heterocycles. The van der Waals surface area contributed by atoms with Crippen LogP contribution < -0.4 is 5.32 Å². The van der Waals surface area contributed by atoms with Gasteiger partial charge in [-0.15, -0.1) is 0 Å². The maximum Gasteiger partial charge on any atom is 0.282 e. The molecule has 0 spiro atoms. The Labute approximate surface area is 154 Å². The largest absolute Gasteiger partial charge is 0.319 e. The summed E-state index contributed by atoms with van der Waals surface area (Å²) in [5, 5.41) is 18.3. The molecule has 138 valence electrons. The summed E-state index contributed by atoms with van der Waals surface area (Å²) in [6, 6.07) is 11.8. The number of carbonyl (C=O) groups is 1. The molecule has 3 aromatic rings. The summed E-state index contributed by atoms with van der Waals surface area (Å²) in [5.74, 6) is -0.889. The van der Waals surface area contributed by atoms with Gasteiger partial charge in [0, 0.05) is 6.07 Å². The lowest BCUT2D eigenvalue weighted by atomic mass is 10.1. The fourth-order valence-electron chi connectivity index (χ4n) is 2.80. The van der Waals surface area contributed by atoms with Crippen LogP contribution >= 0.6 is 0 Å². The van der Waals surface area contributed by atoms with Gasteiger partial charge in [0.15, 0.2) is 0 Å². The maximum atomic E-state index is 13.0. The van der Waals surface area contributed by atoms with E-state index in [2.05, 4.69) is 10.4 Å². The van der Waals surface area contributed by atoms with E-state index >= 15 is 0 Å². The number of carbonyl (C=O) groups excluding carboxylic acids is 1. The molecular formula is C19H17FN4O3. The van der Waals surface area contributed by atoms with E-state index in [4.69, 9.17) is 0 Å². The zero-order valence-corrected chi connectivity index (χ0v) is 14.8. The molecule has 0 unspecified atom stereocenters. The van der Waals surface area contributed by atoms with Gasteiger partial charge in [0.05, 0.1) is 28.5 Å². The van der Waals surface area contributed by atoms with Gasteiger partial charge in [-0.3, -0.25) is 19.6 Å². The normalized spacial score (nSPS) is 10.6. The zero-order chi connectivity index (χ0) is 19.6. The van der Waals surface area contributed by atoms with Gasteiger partial charge < -0.3 is 5.32 Å². The predicted molar refractivity (Wildman–Crippen MR) is 98.3 cm³/mol. The van der Waals surface area contributed by atoms with E-state index in [1.807, 2.05) is 0 Å². The topological polar surface area (TPSA) is 90.1 Å². The third kappa shape index (κ3) is 3.84. The molecule has 7 nitrogen and oxygen atoms in total. The van der Waals surface area contributed by atoms with Crippen LogP contribution in [-0.4, -0.2) is 20.6 Å². The van der Waals surface area contributed by atoms with Crippen LogP contribution in [-0.2, 0) is 6.54 Å². The Bertz CT molecular complexity index is 1010. The summed E-state index contributed by atoms with van der Waals surface area (Å²) in [5.41, 5.74) is 2.36. The number of hydrogen-bond acceptors (Lipinski definition) is 4. The minimum Gasteiger partial charge on any atom is -0.319 e. The second kappa shape index (κ2) is 7.36. The Hall–Kier alpha value is -3.55. The van der Waals surface area contributed by atoms with Crippen molar-refractivity contribution in [2.45, 2.75) is 20.4 Å². The van der Waals surface area contributed by atoms with Crippen molar-refractivity contribution in [2.24, 2.45) is 0 Å². The van der Waals surface area contributed by atoms with Crippen LogP contribution in [0.5, 0.6) is 0 Å². The molecule has 1 N–H and O–H groups in total. The van der Waals surface area contributed by atoms with Crippen LogP contribution in [0.1, 0.15) is 27.3 Å². The van der Waals surface area contributed by atoms with Crippen LogP contribution in [0.25, 0.3) is 0 Å². The number of rotatable bonds is 5. The molecule has 0 aliphatic carbocycles. The SMILES string of the molecule is Cc1nn(Cc2ccc(F)cc2)c(C)c1NC(=O)c1ccccc1[N+](=O)[O-]. The number of para-hydroxylation sites is 1. The molecule has 0 saturated heterocycles. The van der Waals surface area contributed by atoms with Crippen molar-refractivity contribution < 1.29 is 14.1 Å². The molecule has 0 aliphatic rings. The number of nitro groups is 1. The number of nitro benzene ring substituents is 1. The van der Waals surface area contributed by atoms with Crippen molar-refractivity contribution in [3.63, 3.8) is 0 Å². The Balaban J connectivity index is 1.86. The standard InChI is InChI=1S/C19H17FN4O3/c1-12-18(21-19(25)16-5-3-4-6-17(16)24(26)27)13(2)23(22-12)11-14-7-9-15(20)10-8-14/h3-10H,11H2,1-2H3,(H,21,25). The maximum absolute atomic E-state index is 13.0. The number of anilines is 1. The highest BCUT2D eigenvalue weighted by Gasteiger charge is 2.22. The highest BCUT2D eigenvalue weighted by atomic mass is 19.1. The first-order valence-electron chi connectivity index (χ1n) is 8.20. The first-order valence-corrected chi connectivity index (χ1v) is 8.20. The highest BCUT2D eigenvalue weighted by molar-refractivity contribution is 6.07. The molecule has 3 rings (SSSR count). The third-order valence-electron chi connectivity index (χ3n) is 4.21. The second-order valence-corrected chi connectivity index (χ2v) is 6.06. The van der Waals surface area contributed by atoms with Gasteiger partial charge in [0.1, 0.15) is 11.4 Å². The number of nitrogens with one attached hydrogen (secondary N) is 1. The molecule has 1 heterocycles. The molecule has 0 radical (unpaired) electrons. The molecule has 27 heavy (non-hydrogen) atoms. The van der Waals surface area contributed by atoms with Crippen molar-refractivity contribution in [1.82, 2.24) is 9.78 Å². The molecule has 8 heteroatoms. The van der Waals surface area contributed by atoms with Crippen molar-refractivity contribution in [3.05, 3.63) is 87.0 Å². The fourth-order valence-corrected chi connectivity index (χ4v) is 2.80. The Morgan fingerprint density at radius 3 is 2.52 bits per heavy atom. The average Bonchev–Trinajstić information content (AvgIpc) is 2.91. The first-order chi connectivity index (χ1) is 12.9. The van der Waals surface area contributed by atoms with E-state index in [1.54, 1.807) is 36.7 Å². The number of amides is 1. The number of aromatic nitrogens is 2. The van der Waals surface area contributed by atoms with Gasteiger partial charge >= 0.3 is 0 Å². The number of halogens is 1. The molecule has 0 aliphatic heterocycles. The minimum atomic E-state index is -0.591. The Kier molecular flexibility index (Phi) is 4.98. The zero-order valence-electron chi connectivity index (χ0n) is 14.8. The average molecular weight is 368 g/mol. The smallest absolute Gasteiger partial charge is 0.282 e. The van der Waals surface area contributed by atoms with Crippen molar-refractivity contribution >= 4 is 17.3 Å². The van der Waals surface area contributed by atoms with E-state index in [1.165, 1.54) is 30.3 Å². The Morgan fingerprint density at radius 2 is 1.85 bits per heavy atom. The summed E-state index contributed by atoms with van der Waals surface area (Å²) in [6.07, 6.45) is 0. The molecule has 0 fully saturated rings. The monoisotopic (exact) mass is 368 g/mol. The van der Waals surface area contributed by atoms with E-state index in [0.29, 0.717) is 23.6 Å². The molecule has 0 saturated carbocycles. The summed E-state index contributed by atoms with van der Waals surface area (Å²) in [6.45, 7) is 3.94. The predicted octanol–water partition coefficient (Wildman–Crippen LogP) is 3.85. The van der Waals surface area contributed by atoms with Gasteiger partial charge in [0.25, 0.3) is 11.6 Å². The number of benzene rings is 2. The van der Waals surface area contributed by atoms with Crippen LogP contribution in [0.15, 0.2) is 48.5 Å². The molecule has 0 atom stereocenters. The second-order valence-electron chi connectivity index (χ2n) is 6.06. The van der Waals surface area contributed by atoms with Gasteiger partial charge in [-0.05, 0) is 37.6 Å². The van der Waals surface area contributed by atoms with Gasteiger partial charge in [-0.1, -0.05) is 24.3 Å². The van der Waals surface area contributed by atoms with Crippen LogP contribution in [0.3, 0.4) is 0 Å². The van der Waals surface area contributed by atoms with E-state index in [9.17, 15) is 19.3 Å². The fraction of sp³-hybridized carbons (Fsp3) is 0.158. The quantitative estimate of drug-likeness (QED) is 0.547. The van der Waals surface area contributed by atoms with E-state index in [0.717, 1.165) is 5.56 Å². The number of nitrogens with zero attached hydrogens (tertiary/aromatic N) is 3. The van der Waals surface area contributed by atoms with Crippen molar-refractivity contribution in [3.8, 4) is 0 Å². The third-order valence-corrected chi connectivity index (χ3v) is 4.21. The lowest BCUT2D eigenvalue weighted by Gasteiger charge is -2.08. The Morgan fingerprint density at radius 1 is 1.19 bits per heavy atom. The van der Waals surface area contributed by atoms with Gasteiger partial charge in [-0.2, -0.15) is 5.10 Å². The van der Waals surface area contributed by atoms with Crippen molar-refractivity contribution in [2.75, 3.05) is 5.32 Å². The van der Waals surface area contributed by atoms with Crippen molar-refractivity contribution in [1.29, 1.82) is 0 Å². The number of aryl methyl sites for hydroxylation is 1. The van der Waals surface area contributed by atoms with Gasteiger partial charge in [-0.25, -0.2) is 4.39 Å².